The van der Waals surface area contributed by atoms with E-state index in [0.29, 0.717) is 50.2 Å². The standard InChI is InChI=1S/C29H29ClFN5O3/c1-2-39-26(37)11-6-19-4-3-5-21(16-19)23-18-32-29(33-22-9-10-25(31)24(30)17-22)34-27(23)35-12-14-36(15-13-35)28(38)20-7-8-20/h3-6,9-11,16-18,20H,2,7-8,12-15H2,1H3,(H,32,33,34)/b11-6+. The van der Waals surface area contributed by atoms with Gasteiger partial charge in [-0.2, -0.15) is 4.98 Å². The zero-order chi connectivity index (χ0) is 27.4. The summed E-state index contributed by atoms with van der Waals surface area (Å²) in [7, 11) is 0. The second-order valence-corrected chi connectivity index (χ2v) is 9.89. The monoisotopic (exact) mass is 549 g/mol. The molecule has 1 N–H and O–H groups in total. The number of nitrogens with one attached hydrogen (secondary N) is 1. The number of halogens is 2. The third kappa shape index (κ3) is 6.54. The van der Waals surface area contributed by atoms with Crippen LogP contribution in [0.2, 0.25) is 5.02 Å². The molecule has 0 bridgehead atoms. The lowest BCUT2D eigenvalue weighted by molar-refractivity contribution is -0.137. The van der Waals surface area contributed by atoms with Crippen LogP contribution in [0.1, 0.15) is 25.3 Å². The Bertz CT molecular complexity index is 1400. The molecule has 3 aromatic rings. The topological polar surface area (TPSA) is 87.7 Å². The Morgan fingerprint density at radius 1 is 1.15 bits per heavy atom. The first-order valence-electron chi connectivity index (χ1n) is 13.0. The normalized spacial score (nSPS) is 15.5. The molecule has 10 heteroatoms. The van der Waals surface area contributed by atoms with Gasteiger partial charge in [0.25, 0.3) is 0 Å². The Morgan fingerprint density at radius 2 is 1.95 bits per heavy atom. The number of carbonyl (C=O) groups is 2. The number of benzene rings is 2. The van der Waals surface area contributed by atoms with Gasteiger partial charge in [-0.15, -0.1) is 0 Å². The lowest BCUT2D eigenvalue weighted by atomic mass is 10.0. The van der Waals surface area contributed by atoms with Gasteiger partial charge in [-0.1, -0.05) is 29.8 Å². The summed E-state index contributed by atoms with van der Waals surface area (Å²) in [4.78, 5) is 37.8. The fourth-order valence-electron chi connectivity index (χ4n) is 4.47. The highest BCUT2D eigenvalue weighted by molar-refractivity contribution is 6.31. The molecule has 2 aromatic carbocycles. The molecule has 0 atom stereocenters. The smallest absolute Gasteiger partial charge is 0.330 e. The number of esters is 1. The van der Waals surface area contributed by atoms with Gasteiger partial charge in [-0.3, -0.25) is 4.79 Å². The number of piperazine rings is 1. The van der Waals surface area contributed by atoms with Crippen LogP contribution in [-0.2, 0) is 14.3 Å². The number of aromatic nitrogens is 2. The van der Waals surface area contributed by atoms with E-state index < -0.39 is 11.8 Å². The lowest BCUT2D eigenvalue weighted by Gasteiger charge is -2.36. The van der Waals surface area contributed by atoms with Crippen molar-refractivity contribution in [3.05, 3.63) is 71.1 Å². The predicted molar refractivity (Wildman–Crippen MR) is 149 cm³/mol. The Kier molecular flexibility index (Phi) is 8.07. The maximum atomic E-state index is 13.6. The van der Waals surface area contributed by atoms with E-state index >= 15 is 0 Å². The molecular weight excluding hydrogens is 521 g/mol. The highest BCUT2D eigenvalue weighted by atomic mass is 35.5. The molecule has 0 unspecified atom stereocenters. The summed E-state index contributed by atoms with van der Waals surface area (Å²) < 4.78 is 18.6. The van der Waals surface area contributed by atoms with Gasteiger partial charge in [0.05, 0.1) is 11.6 Å². The number of amides is 1. The van der Waals surface area contributed by atoms with Gasteiger partial charge >= 0.3 is 5.97 Å². The van der Waals surface area contributed by atoms with Gasteiger partial charge < -0.3 is 19.9 Å². The SMILES string of the molecule is CCOC(=O)/C=C/c1cccc(-c2cnc(Nc3ccc(F)c(Cl)c3)nc2N2CCN(C(=O)C3CC3)CC2)c1. The highest BCUT2D eigenvalue weighted by Crippen LogP contribution is 2.34. The van der Waals surface area contributed by atoms with Crippen molar-refractivity contribution in [2.45, 2.75) is 19.8 Å². The van der Waals surface area contributed by atoms with Crippen molar-refractivity contribution >= 4 is 47.0 Å². The molecular formula is C29H29ClFN5O3. The second-order valence-electron chi connectivity index (χ2n) is 9.48. The van der Waals surface area contributed by atoms with Gasteiger partial charge in [-0.05, 0) is 61.2 Å². The lowest BCUT2D eigenvalue weighted by Crippen LogP contribution is -2.49. The molecule has 39 heavy (non-hydrogen) atoms. The minimum atomic E-state index is -0.505. The molecule has 2 fully saturated rings. The molecule has 1 aliphatic carbocycles. The molecule has 1 saturated carbocycles. The number of carbonyl (C=O) groups excluding carboxylic acids is 2. The van der Waals surface area contributed by atoms with Crippen LogP contribution in [0.3, 0.4) is 0 Å². The zero-order valence-corrected chi connectivity index (χ0v) is 22.3. The van der Waals surface area contributed by atoms with Gasteiger partial charge in [0.15, 0.2) is 0 Å². The van der Waals surface area contributed by atoms with Crippen molar-refractivity contribution in [2.24, 2.45) is 5.92 Å². The first kappa shape index (κ1) is 26.6. The van der Waals surface area contributed by atoms with E-state index in [2.05, 4.69) is 15.2 Å². The van der Waals surface area contributed by atoms with Gasteiger partial charge in [0.2, 0.25) is 11.9 Å². The van der Waals surface area contributed by atoms with Crippen molar-refractivity contribution < 1.29 is 18.7 Å². The molecule has 5 rings (SSSR count). The summed E-state index contributed by atoms with van der Waals surface area (Å²) in [6.45, 7) is 4.58. The van der Waals surface area contributed by atoms with E-state index in [9.17, 15) is 14.0 Å². The van der Waals surface area contributed by atoms with Gasteiger partial charge in [0.1, 0.15) is 11.6 Å². The average molecular weight is 550 g/mol. The molecule has 1 amide bonds. The third-order valence-corrected chi connectivity index (χ3v) is 6.95. The number of rotatable bonds is 8. The fraction of sp³-hybridized carbons (Fsp3) is 0.310. The molecule has 2 heterocycles. The Labute approximate surface area is 231 Å². The molecule has 202 valence electrons. The summed E-state index contributed by atoms with van der Waals surface area (Å²) in [5.41, 5.74) is 3.08. The number of hydrogen-bond acceptors (Lipinski definition) is 7. The summed E-state index contributed by atoms with van der Waals surface area (Å²) in [5.74, 6) is 0.581. The molecule has 1 aliphatic heterocycles. The minimum Gasteiger partial charge on any atom is -0.463 e. The highest BCUT2D eigenvalue weighted by Gasteiger charge is 2.35. The van der Waals surface area contributed by atoms with Gasteiger partial charge in [-0.25, -0.2) is 14.2 Å². The third-order valence-electron chi connectivity index (χ3n) is 6.66. The van der Waals surface area contributed by atoms with Crippen LogP contribution in [0, 0.1) is 11.7 Å². The Balaban J connectivity index is 1.44. The van der Waals surface area contributed by atoms with Crippen molar-refractivity contribution in [1.82, 2.24) is 14.9 Å². The second kappa shape index (κ2) is 11.8. The van der Waals surface area contributed by atoms with Crippen LogP contribution in [0.25, 0.3) is 17.2 Å². The summed E-state index contributed by atoms with van der Waals surface area (Å²) >= 11 is 5.95. The molecule has 0 radical (unpaired) electrons. The van der Waals surface area contributed by atoms with Crippen LogP contribution in [-0.4, -0.2) is 59.5 Å². The maximum absolute atomic E-state index is 13.6. The quantitative estimate of drug-likeness (QED) is 0.301. The number of hydrogen-bond donors (Lipinski definition) is 1. The molecule has 0 spiro atoms. The van der Waals surface area contributed by atoms with Crippen molar-refractivity contribution in [1.29, 1.82) is 0 Å². The van der Waals surface area contributed by atoms with Crippen LogP contribution >= 0.6 is 11.6 Å². The van der Waals surface area contributed by atoms with E-state index in [4.69, 9.17) is 21.3 Å². The van der Waals surface area contributed by atoms with Crippen LogP contribution in [0.5, 0.6) is 0 Å². The van der Waals surface area contributed by atoms with Crippen molar-refractivity contribution in [2.75, 3.05) is 43.0 Å². The summed E-state index contributed by atoms with van der Waals surface area (Å²) in [5, 5.41) is 3.11. The van der Waals surface area contributed by atoms with Gasteiger partial charge in [0, 0.05) is 55.6 Å². The molecule has 1 aromatic heterocycles. The zero-order valence-electron chi connectivity index (χ0n) is 21.6. The number of ether oxygens (including phenoxy) is 1. The Hall–Kier alpha value is -3.98. The first-order chi connectivity index (χ1) is 18.9. The van der Waals surface area contributed by atoms with Crippen LogP contribution in [0.4, 0.5) is 21.8 Å². The summed E-state index contributed by atoms with van der Waals surface area (Å²) in [6, 6.07) is 12.1. The summed E-state index contributed by atoms with van der Waals surface area (Å²) in [6.07, 6.45) is 6.82. The molecule has 2 aliphatic rings. The van der Waals surface area contributed by atoms with Crippen molar-refractivity contribution in [3.8, 4) is 11.1 Å². The van der Waals surface area contributed by atoms with E-state index in [1.54, 1.807) is 25.3 Å². The number of nitrogens with zero attached hydrogens (tertiary/aromatic N) is 4. The maximum Gasteiger partial charge on any atom is 0.330 e. The largest absolute Gasteiger partial charge is 0.463 e. The van der Waals surface area contributed by atoms with E-state index in [1.807, 2.05) is 29.2 Å². The molecule has 8 nitrogen and oxygen atoms in total. The van der Waals surface area contributed by atoms with E-state index in [1.165, 1.54) is 18.2 Å². The molecule has 1 saturated heterocycles. The van der Waals surface area contributed by atoms with Crippen LogP contribution in [0.15, 0.2) is 54.7 Å². The predicted octanol–water partition coefficient (Wildman–Crippen LogP) is 5.31. The van der Waals surface area contributed by atoms with Crippen molar-refractivity contribution in [3.63, 3.8) is 0 Å². The first-order valence-corrected chi connectivity index (χ1v) is 13.4. The van der Waals surface area contributed by atoms with Crippen LogP contribution < -0.4 is 10.2 Å². The average Bonchev–Trinajstić information content (AvgIpc) is 3.80. The minimum absolute atomic E-state index is 0.000911. The Morgan fingerprint density at radius 3 is 2.67 bits per heavy atom. The van der Waals surface area contributed by atoms with E-state index in [-0.39, 0.29) is 16.8 Å². The number of anilines is 3. The fourth-order valence-corrected chi connectivity index (χ4v) is 4.65. The van der Waals surface area contributed by atoms with E-state index in [0.717, 1.165) is 29.5 Å².